The van der Waals surface area contributed by atoms with E-state index in [9.17, 15) is 4.79 Å². The quantitative estimate of drug-likeness (QED) is 0.732. The fourth-order valence-electron chi connectivity index (χ4n) is 3.69. The summed E-state index contributed by atoms with van der Waals surface area (Å²) in [6, 6.07) is 11.9. The van der Waals surface area contributed by atoms with Gasteiger partial charge in [-0.15, -0.1) is 0 Å². The molecule has 0 amide bonds. The molecule has 0 bridgehead atoms. The third kappa shape index (κ3) is 2.82. The average Bonchev–Trinajstić information content (AvgIpc) is 3.14. The largest absolute Gasteiger partial charge is 0.496 e. The molecule has 1 atom stereocenters. The second-order valence-electron chi connectivity index (χ2n) is 6.45. The van der Waals surface area contributed by atoms with Gasteiger partial charge in [0, 0.05) is 24.9 Å². The summed E-state index contributed by atoms with van der Waals surface area (Å²) in [7, 11) is 3.11. The maximum atomic E-state index is 12.3. The number of H-pyrrole nitrogens is 1. The van der Waals surface area contributed by atoms with Gasteiger partial charge in [0.25, 0.3) is 0 Å². The van der Waals surface area contributed by atoms with Gasteiger partial charge in [0.1, 0.15) is 11.8 Å². The molecule has 134 valence electrons. The lowest BCUT2D eigenvalue weighted by Gasteiger charge is -2.33. The van der Waals surface area contributed by atoms with Gasteiger partial charge >= 0.3 is 5.97 Å². The smallest absolute Gasteiger partial charge is 0.323 e. The SMILES string of the molecule is COC(=O)C1Cc2nc[nH]c2CN1Cc1ccc(OC)c2ccccc12. The minimum Gasteiger partial charge on any atom is -0.496 e. The van der Waals surface area contributed by atoms with Crippen molar-refractivity contribution in [1.29, 1.82) is 0 Å². The first kappa shape index (κ1) is 16.6. The number of ether oxygens (including phenoxy) is 2. The Morgan fingerprint density at radius 2 is 2.04 bits per heavy atom. The van der Waals surface area contributed by atoms with Crippen molar-refractivity contribution in [2.24, 2.45) is 0 Å². The second kappa shape index (κ2) is 6.80. The number of nitrogens with zero attached hydrogens (tertiary/aromatic N) is 2. The molecule has 0 fully saturated rings. The number of rotatable bonds is 4. The number of aromatic nitrogens is 2. The van der Waals surface area contributed by atoms with Crippen LogP contribution in [0.1, 0.15) is 17.0 Å². The van der Waals surface area contributed by atoms with E-state index in [0.29, 0.717) is 19.5 Å². The van der Waals surface area contributed by atoms with E-state index in [1.165, 1.54) is 7.11 Å². The van der Waals surface area contributed by atoms with Gasteiger partial charge < -0.3 is 14.5 Å². The van der Waals surface area contributed by atoms with Crippen LogP contribution in [0.3, 0.4) is 0 Å². The highest BCUT2D eigenvalue weighted by Gasteiger charge is 2.34. The third-order valence-corrected chi connectivity index (χ3v) is 5.04. The van der Waals surface area contributed by atoms with Crippen molar-refractivity contribution in [2.75, 3.05) is 14.2 Å². The van der Waals surface area contributed by atoms with E-state index in [1.807, 2.05) is 18.2 Å². The predicted molar refractivity (Wildman–Crippen MR) is 97.8 cm³/mol. The van der Waals surface area contributed by atoms with Gasteiger partial charge in [-0.05, 0) is 17.0 Å². The molecule has 0 saturated carbocycles. The number of esters is 1. The van der Waals surface area contributed by atoms with Crippen LogP contribution in [-0.4, -0.2) is 41.1 Å². The molecule has 1 aromatic heterocycles. The summed E-state index contributed by atoms with van der Waals surface area (Å²) >= 11 is 0. The van der Waals surface area contributed by atoms with E-state index in [0.717, 1.165) is 33.5 Å². The normalized spacial score (nSPS) is 17.1. The highest BCUT2D eigenvalue weighted by Crippen LogP contribution is 2.31. The van der Waals surface area contributed by atoms with Crippen LogP contribution in [0, 0.1) is 0 Å². The highest BCUT2D eigenvalue weighted by molar-refractivity contribution is 5.91. The average molecular weight is 351 g/mol. The Balaban J connectivity index is 1.71. The number of benzene rings is 2. The molecule has 26 heavy (non-hydrogen) atoms. The number of hydrogen-bond acceptors (Lipinski definition) is 5. The molecule has 3 aromatic rings. The summed E-state index contributed by atoms with van der Waals surface area (Å²) in [6.07, 6.45) is 2.24. The number of carbonyl (C=O) groups is 1. The van der Waals surface area contributed by atoms with Gasteiger partial charge in [-0.1, -0.05) is 30.3 Å². The van der Waals surface area contributed by atoms with E-state index < -0.39 is 0 Å². The van der Waals surface area contributed by atoms with Crippen LogP contribution in [0.5, 0.6) is 5.75 Å². The Labute approximate surface area is 151 Å². The lowest BCUT2D eigenvalue weighted by molar-refractivity contribution is -0.148. The molecule has 4 rings (SSSR count). The summed E-state index contributed by atoms with van der Waals surface area (Å²) in [5.74, 6) is 0.625. The molecule has 0 aliphatic carbocycles. The predicted octanol–water partition coefficient (Wildman–Crippen LogP) is 2.67. The van der Waals surface area contributed by atoms with Crippen LogP contribution >= 0.6 is 0 Å². The van der Waals surface area contributed by atoms with Crippen LogP contribution < -0.4 is 4.74 Å². The molecule has 2 heterocycles. The van der Waals surface area contributed by atoms with Gasteiger partial charge in [0.05, 0.1) is 31.9 Å². The molecule has 2 aromatic carbocycles. The molecular formula is C20H21N3O3. The van der Waals surface area contributed by atoms with E-state index in [-0.39, 0.29) is 12.0 Å². The molecule has 0 spiro atoms. The standard InChI is InChI=1S/C20H21N3O3/c1-25-19-8-7-13(14-5-3-4-6-15(14)19)10-23-11-17-16(21-12-22-17)9-18(23)20(24)26-2/h3-8,12,18H,9-11H2,1-2H3,(H,21,22). The zero-order valence-electron chi connectivity index (χ0n) is 14.9. The Hall–Kier alpha value is -2.86. The van der Waals surface area contributed by atoms with Crippen LogP contribution in [0.2, 0.25) is 0 Å². The Morgan fingerprint density at radius 3 is 2.81 bits per heavy atom. The fourth-order valence-corrected chi connectivity index (χ4v) is 3.69. The van der Waals surface area contributed by atoms with Crippen molar-refractivity contribution in [2.45, 2.75) is 25.6 Å². The molecule has 1 aliphatic rings. The lowest BCUT2D eigenvalue weighted by atomic mass is 9.99. The van der Waals surface area contributed by atoms with Crippen LogP contribution in [-0.2, 0) is 29.0 Å². The summed E-state index contributed by atoms with van der Waals surface area (Å²) in [5, 5.41) is 2.20. The molecule has 1 unspecified atom stereocenters. The first-order chi connectivity index (χ1) is 12.7. The minimum atomic E-state index is -0.336. The van der Waals surface area contributed by atoms with Crippen molar-refractivity contribution in [3.63, 3.8) is 0 Å². The Bertz CT molecular complexity index is 950. The molecule has 6 heteroatoms. The van der Waals surface area contributed by atoms with Crippen molar-refractivity contribution < 1.29 is 14.3 Å². The third-order valence-electron chi connectivity index (χ3n) is 5.04. The lowest BCUT2D eigenvalue weighted by Crippen LogP contribution is -2.45. The maximum absolute atomic E-state index is 12.3. The molecule has 1 N–H and O–H groups in total. The number of nitrogens with one attached hydrogen (secondary N) is 1. The van der Waals surface area contributed by atoms with Gasteiger partial charge in [0.15, 0.2) is 0 Å². The number of hydrogen-bond donors (Lipinski definition) is 1. The topological polar surface area (TPSA) is 67.5 Å². The molecule has 0 radical (unpaired) electrons. The molecule has 1 aliphatic heterocycles. The van der Waals surface area contributed by atoms with Crippen LogP contribution in [0.15, 0.2) is 42.7 Å². The van der Waals surface area contributed by atoms with Crippen molar-refractivity contribution in [1.82, 2.24) is 14.9 Å². The van der Waals surface area contributed by atoms with E-state index in [4.69, 9.17) is 9.47 Å². The molecule has 6 nitrogen and oxygen atoms in total. The van der Waals surface area contributed by atoms with Gasteiger partial charge in [0.2, 0.25) is 0 Å². The van der Waals surface area contributed by atoms with Crippen molar-refractivity contribution >= 4 is 16.7 Å². The van der Waals surface area contributed by atoms with Crippen LogP contribution in [0.25, 0.3) is 10.8 Å². The van der Waals surface area contributed by atoms with Crippen molar-refractivity contribution in [3.05, 3.63) is 59.7 Å². The number of imidazole rings is 1. The number of carbonyl (C=O) groups excluding carboxylic acids is 1. The van der Waals surface area contributed by atoms with Gasteiger partial charge in [-0.3, -0.25) is 9.69 Å². The van der Waals surface area contributed by atoms with E-state index in [2.05, 4.69) is 33.1 Å². The highest BCUT2D eigenvalue weighted by atomic mass is 16.5. The summed E-state index contributed by atoms with van der Waals surface area (Å²) in [6.45, 7) is 1.28. The van der Waals surface area contributed by atoms with Gasteiger partial charge in [-0.2, -0.15) is 0 Å². The van der Waals surface area contributed by atoms with E-state index >= 15 is 0 Å². The zero-order chi connectivity index (χ0) is 18.1. The monoisotopic (exact) mass is 351 g/mol. The fraction of sp³-hybridized carbons (Fsp3) is 0.300. The Morgan fingerprint density at radius 1 is 1.23 bits per heavy atom. The molecule has 0 saturated heterocycles. The van der Waals surface area contributed by atoms with Crippen LogP contribution in [0.4, 0.5) is 0 Å². The first-order valence-corrected chi connectivity index (χ1v) is 8.59. The zero-order valence-corrected chi connectivity index (χ0v) is 14.9. The summed E-state index contributed by atoms with van der Waals surface area (Å²) in [4.78, 5) is 22.0. The van der Waals surface area contributed by atoms with Crippen molar-refractivity contribution in [3.8, 4) is 5.75 Å². The first-order valence-electron chi connectivity index (χ1n) is 8.59. The second-order valence-corrected chi connectivity index (χ2v) is 6.45. The number of aromatic amines is 1. The molecular weight excluding hydrogens is 330 g/mol. The minimum absolute atomic E-state index is 0.225. The maximum Gasteiger partial charge on any atom is 0.323 e. The van der Waals surface area contributed by atoms with E-state index in [1.54, 1.807) is 13.4 Å². The summed E-state index contributed by atoms with van der Waals surface area (Å²) < 4.78 is 10.5. The Kier molecular flexibility index (Phi) is 4.34. The number of fused-ring (bicyclic) bond motifs is 2. The van der Waals surface area contributed by atoms with Gasteiger partial charge in [-0.25, -0.2) is 4.98 Å². The summed E-state index contributed by atoms with van der Waals surface area (Å²) in [5.41, 5.74) is 3.15. The number of methoxy groups -OCH3 is 2.